The van der Waals surface area contributed by atoms with Gasteiger partial charge in [0.25, 0.3) is 0 Å². The van der Waals surface area contributed by atoms with Gasteiger partial charge < -0.3 is 10.6 Å². The van der Waals surface area contributed by atoms with Gasteiger partial charge in [-0.1, -0.05) is 6.92 Å². The summed E-state index contributed by atoms with van der Waals surface area (Å²) in [4.78, 5) is 11.2. The van der Waals surface area contributed by atoms with E-state index in [9.17, 15) is 4.79 Å². The lowest BCUT2D eigenvalue weighted by Gasteiger charge is -2.12. The molecule has 0 spiro atoms. The van der Waals surface area contributed by atoms with Crippen LogP contribution in [0.15, 0.2) is 0 Å². The van der Waals surface area contributed by atoms with E-state index in [1.165, 1.54) is 0 Å². The van der Waals surface area contributed by atoms with Gasteiger partial charge in [0.15, 0.2) is 5.82 Å². The van der Waals surface area contributed by atoms with Crippen molar-refractivity contribution in [2.75, 3.05) is 11.9 Å². The predicted octanol–water partition coefficient (Wildman–Crippen LogP) is 0.404. The highest BCUT2D eigenvalue weighted by Gasteiger charge is 2.17. The summed E-state index contributed by atoms with van der Waals surface area (Å²) in [7, 11) is 0. The first kappa shape index (κ1) is 9.21. The Morgan fingerprint density at radius 1 is 1.64 bits per heavy atom. The Hall–Kier alpha value is -1.36. The third-order valence-corrected chi connectivity index (χ3v) is 2.39. The normalized spacial score (nSPS) is 14.9. The third-order valence-electron chi connectivity index (χ3n) is 2.39. The van der Waals surface area contributed by atoms with E-state index in [1.807, 2.05) is 6.92 Å². The first-order valence-electron chi connectivity index (χ1n) is 4.88. The van der Waals surface area contributed by atoms with E-state index in [-0.39, 0.29) is 5.91 Å². The van der Waals surface area contributed by atoms with Crippen molar-refractivity contribution in [3.8, 4) is 0 Å². The molecule has 1 aromatic heterocycles. The highest BCUT2D eigenvalue weighted by Crippen LogP contribution is 2.19. The van der Waals surface area contributed by atoms with Crippen LogP contribution in [0.4, 0.5) is 5.82 Å². The molecule has 0 atom stereocenters. The molecule has 1 aromatic rings. The maximum absolute atomic E-state index is 11.2. The maximum Gasteiger partial charge on any atom is 0.225 e. The van der Waals surface area contributed by atoms with Crippen molar-refractivity contribution in [3.63, 3.8) is 0 Å². The van der Waals surface area contributed by atoms with Gasteiger partial charge >= 0.3 is 0 Å². The summed E-state index contributed by atoms with van der Waals surface area (Å²) in [5.74, 6) is 0.714. The number of aromatic nitrogens is 2. The van der Waals surface area contributed by atoms with Gasteiger partial charge in [-0.2, -0.15) is 5.10 Å². The van der Waals surface area contributed by atoms with Crippen molar-refractivity contribution >= 4 is 11.7 Å². The second-order valence-electron chi connectivity index (χ2n) is 3.36. The number of nitrogens with one attached hydrogen (secondary N) is 3. The number of amides is 1. The van der Waals surface area contributed by atoms with Gasteiger partial charge in [0, 0.05) is 18.5 Å². The van der Waals surface area contributed by atoms with Gasteiger partial charge in [-0.05, 0) is 13.0 Å². The lowest BCUT2D eigenvalue weighted by Crippen LogP contribution is -2.24. The zero-order valence-corrected chi connectivity index (χ0v) is 8.18. The van der Waals surface area contributed by atoms with Crippen LogP contribution in [0.5, 0.6) is 0 Å². The van der Waals surface area contributed by atoms with Crippen molar-refractivity contribution < 1.29 is 4.79 Å². The predicted molar refractivity (Wildman–Crippen MR) is 52.9 cm³/mol. The van der Waals surface area contributed by atoms with Crippen LogP contribution in [0.1, 0.15) is 24.6 Å². The van der Waals surface area contributed by atoms with Crippen LogP contribution in [-0.2, 0) is 17.8 Å². The molecule has 0 aliphatic carbocycles. The summed E-state index contributed by atoms with van der Waals surface area (Å²) in [5, 5.41) is 13.0. The molecule has 0 saturated heterocycles. The average Bonchev–Trinajstić information content (AvgIpc) is 2.62. The van der Waals surface area contributed by atoms with Crippen molar-refractivity contribution in [2.45, 2.75) is 26.3 Å². The second kappa shape index (κ2) is 3.79. The molecule has 0 fully saturated rings. The molecule has 5 nitrogen and oxygen atoms in total. The maximum atomic E-state index is 11.2. The molecule has 5 heteroatoms. The Morgan fingerprint density at radius 3 is 3.29 bits per heavy atom. The Balaban J connectivity index is 2.18. The van der Waals surface area contributed by atoms with Gasteiger partial charge in [0.1, 0.15) is 0 Å². The summed E-state index contributed by atoms with van der Waals surface area (Å²) in [6.45, 7) is 3.59. The summed E-state index contributed by atoms with van der Waals surface area (Å²) in [6, 6.07) is 0. The minimum Gasteiger partial charge on any atom is -0.311 e. The van der Waals surface area contributed by atoms with Gasteiger partial charge in [-0.25, -0.2) is 0 Å². The van der Waals surface area contributed by atoms with E-state index in [0.29, 0.717) is 12.2 Å². The number of anilines is 1. The number of carbonyl (C=O) groups is 1. The first-order valence-corrected chi connectivity index (χ1v) is 4.88. The number of H-pyrrole nitrogens is 1. The van der Waals surface area contributed by atoms with Gasteiger partial charge in [-0.15, -0.1) is 0 Å². The number of aromatic amines is 1. The van der Waals surface area contributed by atoms with Crippen LogP contribution in [0.3, 0.4) is 0 Å². The zero-order chi connectivity index (χ0) is 9.97. The lowest BCUT2D eigenvalue weighted by molar-refractivity contribution is -0.115. The molecule has 2 heterocycles. The Morgan fingerprint density at radius 2 is 2.50 bits per heavy atom. The van der Waals surface area contributed by atoms with Crippen molar-refractivity contribution in [1.29, 1.82) is 0 Å². The molecule has 14 heavy (non-hydrogen) atoms. The smallest absolute Gasteiger partial charge is 0.225 e. The Bertz CT molecular complexity index is 345. The molecule has 0 bridgehead atoms. The van der Waals surface area contributed by atoms with Crippen LogP contribution in [0.25, 0.3) is 0 Å². The molecule has 1 aliphatic heterocycles. The topological polar surface area (TPSA) is 69.8 Å². The van der Waals surface area contributed by atoms with Crippen LogP contribution in [0, 0.1) is 0 Å². The molecule has 2 rings (SSSR count). The van der Waals surface area contributed by atoms with E-state index in [4.69, 9.17) is 0 Å². The summed E-state index contributed by atoms with van der Waals surface area (Å²) in [6.07, 6.45) is 1.41. The van der Waals surface area contributed by atoms with Crippen LogP contribution >= 0.6 is 0 Å². The number of nitrogens with zero attached hydrogens (tertiary/aromatic N) is 1. The van der Waals surface area contributed by atoms with Crippen molar-refractivity contribution in [1.82, 2.24) is 15.5 Å². The van der Waals surface area contributed by atoms with Crippen LogP contribution in [0.2, 0.25) is 0 Å². The molecule has 3 N–H and O–H groups in total. The summed E-state index contributed by atoms with van der Waals surface area (Å²) >= 11 is 0. The Kier molecular flexibility index (Phi) is 2.49. The van der Waals surface area contributed by atoms with E-state index < -0.39 is 0 Å². The van der Waals surface area contributed by atoms with Gasteiger partial charge in [0.05, 0.1) is 5.69 Å². The third kappa shape index (κ3) is 1.63. The molecular weight excluding hydrogens is 180 g/mol. The summed E-state index contributed by atoms with van der Waals surface area (Å²) < 4.78 is 0. The minimum absolute atomic E-state index is 0.0119. The zero-order valence-electron chi connectivity index (χ0n) is 8.18. The highest BCUT2D eigenvalue weighted by molar-refractivity contribution is 5.90. The molecule has 0 aromatic carbocycles. The first-order chi connectivity index (χ1) is 6.81. The number of rotatable bonds is 2. The molecule has 0 saturated carbocycles. The van der Waals surface area contributed by atoms with Gasteiger partial charge in [0.2, 0.25) is 5.91 Å². The van der Waals surface area contributed by atoms with E-state index in [0.717, 1.165) is 30.8 Å². The molecule has 1 aliphatic rings. The molecule has 0 radical (unpaired) electrons. The largest absolute Gasteiger partial charge is 0.311 e. The molecule has 76 valence electrons. The lowest BCUT2D eigenvalue weighted by atomic mass is 10.1. The van der Waals surface area contributed by atoms with Crippen LogP contribution < -0.4 is 10.6 Å². The van der Waals surface area contributed by atoms with E-state index in [2.05, 4.69) is 20.8 Å². The van der Waals surface area contributed by atoms with E-state index in [1.54, 1.807) is 0 Å². The fourth-order valence-corrected chi connectivity index (χ4v) is 1.57. The van der Waals surface area contributed by atoms with Crippen LogP contribution in [-0.4, -0.2) is 22.6 Å². The summed E-state index contributed by atoms with van der Waals surface area (Å²) in [5.41, 5.74) is 2.23. The second-order valence-corrected chi connectivity index (χ2v) is 3.36. The fraction of sp³-hybridized carbons (Fsp3) is 0.556. The standard InChI is InChI=1S/C9H14N4O/c1-2-8(14)11-9-6-3-4-10-5-7(6)12-13-9/h10H,2-5H2,1H3,(H2,11,12,13,14). The highest BCUT2D eigenvalue weighted by atomic mass is 16.1. The molecular formula is C9H14N4O. The molecule has 1 amide bonds. The van der Waals surface area contributed by atoms with Crippen molar-refractivity contribution in [3.05, 3.63) is 11.3 Å². The minimum atomic E-state index is 0.0119. The number of hydrogen-bond acceptors (Lipinski definition) is 3. The molecule has 0 unspecified atom stereocenters. The SMILES string of the molecule is CCC(=O)Nc1n[nH]c2c1CCNC2. The number of carbonyl (C=O) groups excluding carboxylic acids is 1. The number of fused-ring (bicyclic) bond motifs is 1. The quantitative estimate of drug-likeness (QED) is 0.638. The van der Waals surface area contributed by atoms with Crippen molar-refractivity contribution in [2.24, 2.45) is 0 Å². The number of hydrogen-bond donors (Lipinski definition) is 3. The fourth-order valence-electron chi connectivity index (χ4n) is 1.57. The van der Waals surface area contributed by atoms with E-state index >= 15 is 0 Å². The average molecular weight is 194 g/mol. The van der Waals surface area contributed by atoms with Gasteiger partial charge in [-0.3, -0.25) is 9.89 Å². The monoisotopic (exact) mass is 194 g/mol. The Labute approximate surface area is 82.3 Å².